The van der Waals surface area contributed by atoms with Crippen LogP contribution in [0, 0.1) is 6.92 Å². The van der Waals surface area contributed by atoms with E-state index >= 15 is 0 Å². The number of benzene rings is 1. The molecule has 0 aliphatic heterocycles. The van der Waals surface area contributed by atoms with Gasteiger partial charge in [-0.3, -0.25) is 0 Å². The molecule has 2 nitrogen and oxygen atoms in total. The molecule has 1 N–H and O–H groups in total. The monoisotopic (exact) mass is 227 g/mol. The van der Waals surface area contributed by atoms with Gasteiger partial charge in [0.2, 0.25) is 0 Å². The van der Waals surface area contributed by atoms with Crippen LogP contribution in [-0.4, -0.2) is 12.6 Å². The van der Waals surface area contributed by atoms with E-state index in [1.807, 2.05) is 19.1 Å². The van der Waals surface area contributed by atoms with Crippen molar-refractivity contribution in [3.05, 3.63) is 22.7 Å². The fraction of sp³-hybridized carbons (Fsp3) is 0.500. The molecule has 0 aromatic heterocycles. The molecule has 0 heterocycles. The minimum absolute atomic E-state index is 0.00749. The zero-order valence-electron chi connectivity index (χ0n) is 9.94. The van der Waals surface area contributed by atoms with Crippen molar-refractivity contribution in [2.75, 3.05) is 12.4 Å². The SMILES string of the molecule is COc1cc(Cl)c(C)cc1NC(C)(C)C. The average molecular weight is 228 g/mol. The number of rotatable bonds is 2. The lowest BCUT2D eigenvalue weighted by Gasteiger charge is -2.24. The first-order chi connectivity index (χ1) is 6.83. The number of ether oxygens (including phenoxy) is 1. The van der Waals surface area contributed by atoms with Gasteiger partial charge in [0.25, 0.3) is 0 Å². The Morgan fingerprint density at radius 1 is 1.27 bits per heavy atom. The quantitative estimate of drug-likeness (QED) is 0.828. The number of hydrogen-bond acceptors (Lipinski definition) is 2. The summed E-state index contributed by atoms with van der Waals surface area (Å²) in [6.07, 6.45) is 0. The van der Waals surface area contributed by atoms with Gasteiger partial charge in [-0.15, -0.1) is 0 Å². The molecule has 0 aliphatic rings. The van der Waals surface area contributed by atoms with Crippen molar-refractivity contribution in [1.82, 2.24) is 0 Å². The van der Waals surface area contributed by atoms with Crippen molar-refractivity contribution in [1.29, 1.82) is 0 Å². The van der Waals surface area contributed by atoms with E-state index in [4.69, 9.17) is 16.3 Å². The molecule has 0 atom stereocenters. The highest BCUT2D eigenvalue weighted by Gasteiger charge is 2.14. The van der Waals surface area contributed by atoms with E-state index < -0.39 is 0 Å². The van der Waals surface area contributed by atoms with Crippen LogP contribution in [0.25, 0.3) is 0 Å². The van der Waals surface area contributed by atoms with Crippen LogP contribution in [0.4, 0.5) is 5.69 Å². The molecule has 0 radical (unpaired) electrons. The smallest absolute Gasteiger partial charge is 0.143 e. The van der Waals surface area contributed by atoms with Gasteiger partial charge < -0.3 is 10.1 Å². The highest BCUT2D eigenvalue weighted by molar-refractivity contribution is 6.31. The van der Waals surface area contributed by atoms with Crippen LogP contribution in [-0.2, 0) is 0 Å². The fourth-order valence-corrected chi connectivity index (χ4v) is 1.49. The molecule has 1 aromatic rings. The predicted molar refractivity (Wildman–Crippen MR) is 66.1 cm³/mol. The van der Waals surface area contributed by atoms with Gasteiger partial charge >= 0.3 is 0 Å². The summed E-state index contributed by atoms with van der Waals surface area (Å²) in [4.78, 5) is 0. The second-order valence-corrected chi connectivity index (χ2v) is 5.08. The van der Waals surface area contributed by atoms with Crippen LogP contribution in [0.15, 0.2) is 12.1 Å². The van der Waals surface area contributed by atoms with Gasteiger partial charge in [0.15, 0.2) is 0 Å². The first kappa shape index (κ1) is 12.2. The van der Waals surface area contributed by atoms with Gasteiger partial charge in [0.05, 0.1) is 12.8 Å². The number of aryl methyl sites for hydroxylation is 1. The topological polar surface area (TPSA) is 21.3 Å². The van der Waals surface area contributed by atoms with Gasteiger partial charge in [0, 0.05) is 16.6 Å². The molecule has 0 unspecified atom stereocenters. The second kappa shape index (κ2) is 4.31. The van der Waals surface area contributed by atoms with E-state index in [-0.39, 0.29) is 5.54 Å². The van der Waals surface area contributed by atoms with Crippen LogP contribution in [0.2, 0.25) is 5.02 Å². The van der Waals surface area contributed by atoms with Crippen molar-refractivity contribution in [3.63, 3.8) is 0 Å². The van der Waals surface area contributed by atoms with Crippen molar-refractivity contribution in [3.8, 4) is 5.75 Å². The Labute approximate surface area is 96.6 Å². The maximum absolute atomic E-state index is 6.03. The molecular formula is C12H18ClNO. The Bertz CT molecular complexity index is 355. The lowest BCUT2D eigenvalue weighted by atomic mass is 10.1. The molecule has 15 heavy (non-hydrogen) atoms. The number of anilines is 1. The predicted octanol–water partition coefficient (Wildman–Crippen LogP) is 3.87. The van der Waals surface area contributed by atoms with E-state index in [1.165, 1.54) is 0 Å². The summed E-state index contributed by atoms with van der Waals surface area (Å²) in [6, 6.07) is 3.84. The second-order valence-electron chi connectivity index (χ2n) is 4.68. The number of halogens is 1. The molecule has 1 aromatic carbocycles. The number of hydrogen-bond donors (Lipinski definition) is 1. The number of methoxy groups -OCH3 is 1. The van der Waals surface area contributed by atoms with Crippen molar-refractivity contribution in [2.24, 2.45) is 0 Å². The third-order valence-electron chi connectivity index (χ3n) is 1.99. The lowest BCUT2D eigenvalue weighted by Crippen LogP contribution is -2.26. The maximum atomic E-state index is 6.03. The van der Waals surface area contributed by atoms with E-state index in [1.54, 1.807) is 7.11 Å². The minimum atomic E-state index is 0.00749. The Balaban J connectivity index is 3.11. The summed E-state index contributed by atoms with van der Waals surface area (Å²) in [7, 11) is 1.65. The first-order valence-corrected chi connectivity index (χ1v) is 5.33. The first-order valence-electron chi connectivity index (χ1n) is 4.96. The van der Waals surface area contributed by atoms with Gasteiger partial charge in [-0.05, 0) is 39.3 Å². The molecule has 0 amide bonds. The van der Waals surface area contributed by atoms with Gasteiger partial charge in [-0.25, -0.2) is 0 Å². The standard InChI is InChI=1S/C12H18ClNO/c1-8-6-10(14-12(2,3)4)11(15-5)7-9(8)13/h6-7,14H,1-5H3. The molecule has 0 bridgehead atoms. The third-order valence-corrected chi connectivity index (χ3v) is 2.40. The molecule has 1 rings (SSSR count). The summed E-state index contributed by atoms with van der Waals surface area (Å²) in [5.74, 6) is 0.778. The Morgan fingerprint density at radius 3 is 2.33 bits per heavy atom. The van der Waals surface area contributed by atoms with Gasteiger partial charge in [-0.1, -0.05) is 11.6 Å². The molecule has 0 spiro atoms. The van der Waals surface area contributed by atoms with Crippen LogP contribution >= 0.6 is 11.6 Å². The Morgan fingerprint density at radius 2 is 1.87 bits per heavy atom. The summed E-state index contributed by atoms with van der Waals surface area (Å²) < 4.78 is 5.28. The highest BCUT2D eigenvalue weighted by atomic mass is 35.5. The van der Waals surface area contributed by atoms with E-state index in [2.05, 4.69) is 26.1 Å². The van der Waals surface area contributed by atoms with Gasteiger partial charge in [-0.2, -0.15) is 0 Å². The Kier molecular flexibility index (Phi) is 3.50. The summed E-state index contributed by atoms with van der Waals surface area (Å²) in [6.45, 7) is 8.30. The average Bonchev–Trinajstić information content (AvgIpc) is 2.08. The third kappa shape index (κ3) is 3.31. The summed E-state index contributed by atoms with van der Waals surface area (Å²) >= 11 is 6.03. The number of nitrogens with one attached hydrogen (secondary N) is 1. The van der Waals surface area contributed by atoms with Crippen LogP contribution in [0.3, 0.4) is 0 Å². The summed E-state index contributed by atoms with van der Waals surface area (Å²) in [5.41, 5.74) is 2.03. The van der Waals surface area contributed by atoms with Gasteiger partial charge in [0.1, 0.15) is 5.75 Å². The van der Waals surface area contributed by atoms with Crippen LogP contribution < -0.4 is 10.1 Å². The maximum Gasteiger partial charge on any atom is 0.143 e. The Hall–Kier alpha value is -0.890. The van der Waals surface area contributed by atoms with E-state index in [0.29, 0.717) is 0 Å². The molecule has 0 saturated heterocycles. The van der Waals surface area contributed by atoms with Crippen LogP contribution in [0.1, 0.15) is 26.3 Å². The molecule has 0 fully saturated rings. The zero-order valence-corrected chi connectivity index (χ0v) is 10.7. The highest BCUT2D eigenvalue weighted by Crippen LogP contribution is 2.32. The zero-order chi connectivity index (χ0) is 11.6. The molecule has 0 saturated carbocycles. The molecule has 0 aliphatic carbocycles. The minimum Gasteiger partial charge on any atom is -0.495 e. The van der Waals surface area contributed by atoms with Crippen molar-refractivity contribution < 1.29 is 4.74 Å². The van der Waals surface area contributed by atoms with Crippen LogP contribution in [0.5, 0.6) is 5.75 Å². The fourth-order valence-electron chi connectivity index (χ4n) is 1.33. The van der Waals surface area contributed by atoms with Crippen molar-refractivity contribution in [2.45, 2.75) is 33.2 Å². The van der Waals surface area contributed by atoms with Crippen molar-refractivity contribution >= 4 is 17.3 Å². The van der Waals surface area contributed by atoms with E-state index in [0.717, 1.165) is 22.0 Å². The van der Waals surface area contributed by atoms with E-state index in [9.17, 15) is 0 Å². The lowest BCUT2D eigenvalue weighted by molar-refractivity contribution is 0.415. The largest absolute Gasteiger partial charge is 0.495 e. The normalized spacial score (nSPS) is 11.3. The summed E-state index contributed by atoms with van der Waals surface area (Å²) in [5, 5.41) is 4.11. The molecule has 3 heteroatoms. The molecular weight excluding hydrogens is 210 g/mol. The molecule has 84 valence electrons.